The van der Waals surface area contributed by atoms with Crippen LogP contribution in [0.25, 0.3) is 83.2 Å². The predicted molar refractivity (Wildman–Crippen MR) is 261 cm³/mol. The van der Waals surface area contributed by atoms with Gasteiger partial charge in [-0.2, -0.15) is 13.2 Å². The maximum atomic E-state index is 13.6. The number of aromatic nitrogens is 3. The number of imidazole rings is 1. The van der Waals surface area contributed by atoms with Crippen molar-refractivity contribution in [2.24, 2.45) is 5.41 Å². The number of hydrogen-bond acceptors (Lipinski definition) is 3. The first-order chi connectivity index (χ1) is 33.8. The van der Waals surface area contributed by atoms with Crippen molar-refractivity contribution in [1.29, 1.82) is 0 Å². The van der Waals surface area contributed by atoms with Gasteiger partial charge in [0.05, 0.1) is 27.9 Å². The number of para-hydroxylation sites is 3. The Hall–Kier alpha value is -6.34. The third-order valence-corrected chi connectivity index (χ3v) is 11.7. The van der Waals surface area contributed by atoms with E-state index in [2.05, 4.69) is 29.2 Å². The number of rotatable bonds is 8. The quantitative estimate of drug-likeness (QED) is 0.142. The zero-order valence-corrected chi connectivity index (χ0v) is 39.5. The maximum Gasteiger partial charge on any atom is 0.394 e. The van der Waals surface area contributed by atoms with E-state index >= 15 is 0 Å². The van der Waals surface area contributed by atoms with Gasteiger partial charge in [-0.3, -0.25) is 4.98 Å². The normalized spacial score (nSPS) is 14.3. The Morgan fingerprint density at radius 2 is 1.45 bits per heavy atom. The van der Waals surface area contributed by atoms with Gasteiger partial charge in [-0.1, -0.05) is 156 Å². The number of alkyl halides is 3. The van der Waals surface area contributed by atoms with Gasteiger partial charge in [-0.25, -0.2) is 0 Å². The van der Waals surface area contributed by atoms with Gasteiger partial charge in [0.2, 0.25) is 0 Å². The number of halogens is 3. The largest absolute Gasteiger partial charge is 0.500 e. The summed E-state index contributed by atoms with van der Waals surface area (Å²) < 4.78 is 106. The van der Waals surface area contributed by atoms with Crippen LogP contribution in [0.2, 0.25) is 0 Å². The summed E-state index contributed by atoms with van der Waals surface area (Å²) in [5.74, 6) is -1.25. The number of nitrogens with zero attached hydrogens (tertiary/aromatic N) is 3. The van der Waals surface area contributed by atoms with E-state index in [1.807, 2.05) is 117 Å². The van der Waals surface area contributed by atoms with Crippen molar-refractivity contribution in [3.63, 3.8) is 0 Å². The molecule has 66 heavy (non-hydrogen) atoms. The van der Waals surface area contributed by atoms with Crippen LogP contribution in [-0.4, -0.2) is 20.7 Å². The first-order valence-corrected chi connectivity index (χ1v) is 21.3. The van der Waals surface area contributed by atoms with Gasteiger partial charge >= 0.3 is 6.18 Å². The zero-order chi connectivity index (χ0) is 51.8. The molecule has 10 aromatic rings. The minimum absolute atomic E-state index is 0. The molecule has 4 nitrogen and oxygen atoms in total. The zero-order valence-electron chi connectivity index (χ0n) is 44.2. The third-order valence-electron chi connectivity index (χ3n) is 11.7. The molecular weight excluding hydrogens is 1000 g/mol. The molecule has 0 atom stereocenters. The molecule has 10 rings (SSSR count). The van der Waals surface area contributed by atoms with Crippen molar-refractivity contribution in [2.45, 2.75) is 72.7 Å². The van der Waals surface area contributed by atoms with Crippen LogP contribution in [0.5, 0.6) is 0 Å². The number of pyridine rings is 1. The molecule has 0 fully saturated rings. The van der Waals surface area contributed by atoms with Gasteiger partial charge in [-0.05, 0) is 75.3 Å². The number of aryl methyl sites for hydroxylation is 1. The van der Waals surface area contributed by atoms with Gasteiger partial charge in [0.15, 0.2) is 0 Å². The fourth-order valence-corrected chi connectivity index (χ4v) is 8.17. The minimum atomic E-state index is -4.70. The average molecular weight is 1060 g/mol. The fourth-order valence-electron chi connectivity index (χ4n) is 8.17. The van der Waals surface area contributed by atoms with Crippen LogP contribution in [0.4, 0.5) is 13.2 Å². The van der Waals surface area contributed by atoms with Gasteiger partial charge in [0.25, 0.3) is 0 Å². The summed E-state index contributed by atoms with van der Waals surface area (Å²) in [6.45, 7) is 6.90. The maximum absolute atomic E-state index is 13.6. The second-order valence-corrected chi connectivity index (χ2v) is 17.1. The van der Waals surface area contributed by atoms with E-state index in [4.69, 9.17) is 19.0 Å². The molecule has 8 heteroatoms. The molecular formula is C58H50F3IrN3O-2. The van der Waals surface area contributed by atoms with E-state index in [1.165, 1.54) is 18.2 Å². The van der Waals surface area contributed by atoms with Crippen LogP contribution in [0.15, 0.2) is 156 Å². The monoisotopic (exact) mass is 1060 g/mol. The number of benzene rings is 7. The van der Waals surface area contributed by atoms with Crippen molar-refractivity contribution in [2.75, 3.05) is 0 Å². The molecule has 0 amide bonds. The van der Waals surface area contributed by atoms with Crippen molar-refractivity contribution in [1.82, 2.24) is 14.5 Å². The Labute approximate surface area is 407 Å². The summed E-state index contributed by atoms with van der Waals surface area (Å²) in [5.41, 5.74) is 6.54. The standard InChI is InChI=1S/C32H23F3NO.C26H27N2.Ir/c1-31(2,32(33,34)35)19-20-10-12-21(13-11-20)23-16-17-36-28(18-23)27-9-5-8-25-26-15-14-22-6-3-4-7-24(22)29(26)37-30(25)27;1-17(2)21-9-8-10-22(18(3)4)25(21)28-24-12-7-6-11-23(24)27-26(28)20-15-13-19(5)14-16-20;/h3-8,10-18H,19H2,1-2H3;6-15,17-18H,1-5H3;/q2*-1;/i19D2;5D3,17D,18D;. The summed E-state index contributed by atoms with van der Waals surface area (Å²) in [7, 11) is 0. The van der Waals surface area contributed by atoms with E-state index < -0.39 is 36.6 Å². The van der Waals surface area contributed by atoms with Gasteiger partial charge in [0, 0.05) is 52.4 Å². The van der Waals surface area contributed by atoms with E-state index in [0.29, 0.717) is 28.2 Å². The van der Waals surface area contributed by atoms with Crippen LogP contribution >= 0.6 is 0 Å². The van der Waals surface area contributed by atoms with Crippen molar-refractivity contribution in [3.05, 3.63) is 186 Å². The number of furan rings is 1. The van der Waals surface area contributed by atoms with Crippen molar-refractivity contribution < 1.29 is 47.3 Å². The fraction of sp³-hybridized carbons (Fsp3) is 0.207. The van der Waals surface area contributed by atoms with E-state index in [1.54, 1.807) is 36.5 Å². The Balaban J connectivity index is 0.000000195. The summed E-state index contributed by atoms with van der Waals surface area (Å²) in [6.07, 6.45) is -5.64. The first kappa shape index (κ1) is 37.8. The molecule has 0 unspecified atom stereocenters. The second-order valence-electron chi connectivity index (χ2n) is 17.1. The average Bonchev–Trinajstić information content (AvgIpc) is 3.92. The molecule has 3 heterocycles. The molecule has 0 saturated heterocycles. The molecule has 1 radical (unpaired) electrons. The van der Waals surface area contributed by atoms with Gasteiger partial charge in [0.1, 0.15) is 5.58 Å². The number of fused-ring (bicyclic) bond motifs is 6. The Kier molecular flexibility index (Phi) is 10.6. The van der Waals surface area contributed by atoms with E-state index in [-0.39, 0.29) is 31.2 Å². The Morgan fingerprint density at radius 1 is 0.742 bits per heavy atom. The Morgan fingerprint density at radius 3 is 2.15 bits per heavy atom. The molecule has 3 aromatic heterocycles. The molecule has 0 N–H and O–H groups in total. The van der Waals surface area contributed by atoms with Gasteiger partial charge < -0.3 is 14.0 Å². The van der Waals surface area contributed by atoms with E-state index in [0.717, 1.165) is 79.9 Å². The molecule has 7 aromatic carbocycles. The molecule has 0 spiro atoms. The molecule has 0 saturated carbocycles. The summed E-state index contributed by atoms with van der Waals surface area (Å²) in [6, 6.07) is 50.4. The minimum Gasteiger partial charge on any atom is -0.500 e. The number of hydrogen-bond donors (Lipinski definition) is 0. The van der Waals surface area contributed by atoms with Crippen LogP contribution in [-0.2, 0) is 26.5 Å². The van der Waals surface area contributed by atoms with Crippen LogP contribution in [0, 0.1) is 24.4 Å². The van der Waals surface area contributed by atoms with Crippen LogP contribution in [0.1, 0.15) is 85.2 Å². The first-order valence-electron chi connectivity index (χ1n) is 24.8. The van der Waals surface area contributed by atoms with Crippen LogP contribution in [0.3, 0.4) is 0 Å². The summed E-state index contributed by atoms with van der Waals surface area (Å²) in [5, 5.41) is 4.06. The van der Waals surface area contributed by atoms with Gasteiger partial charge in [-0.15, -0.1) is 53.6 Å². The summed E-state index contributed by atoms with van der Waals surface area (Å²) >= 11 is 0. The van der Waals surface area contributed by atoms with Crippen molar-refractivity contribution in [3.8, 4) is 39.5 Å². The predicted octanol–water partition coefficient (Wildman–Crippen LogP) is 16.4. The molecule has 0 aliphatic carbocycles. The van der Waals surface area contributed by atoms with Crippen LogP contribution < -0.4 is 0 Å². The second kappa shape index (κ2) is 18.5. The topological polar surface area (TPSA) is 43.9 Å². The third kappa shape index (κ3) is 8.85. The van der Waals surface area contributed by atoms with E-state index in [9.17, 15) is 13.2 Å². The Bertz CT molecular complexity index is 3610. The molecule has 0 bridgehead atoms. The molecule has 0 aliphatic heterocycles. The SMILES string of the molecule is [2H]C([2H])([2H])c1c[c-]c(-c2nc3ccccc3n2-c2c(C([2H])(C)C)cccc2C([2H])(C)C)cc1.[2H]C([2H])(c1ccc(-c2ccnc(-c3[c-]ccc4c3oc3c5ccccc5ccc43)c2)cc1)C(C)(C)C(F)(F)F.[Ir]. The van der Waals surface area contributed by atoms with Crippen molar-refractivity contribution >= 4 is 43.7 Å². The molecule has 0 aliphatic rings. The summed E-state index contributed by atoms with van der Waals surface area (Å²) in [4.78, 5) is 9.42. The molecule has 335 valence electrons. The smallest absolute Gasteiger partial charge is 0.394 e.